The molecule has 2 aromatic carbocycles. The number of amides is 3. The molecule has 3 aromatic rings. The van der Waals surface area contributed by atoms with Gasteiger partial charge < -0.3 is 21.5 Å². The number of nitrogen functional groups attached to an aromatic ring is 1. The number of rotatable bonds is 9. The van der Waals surface area contributed by atoms with Crippen LogP contribution in [0, 0.1) is 0 Å². The molecule has 0 radical (unpaired) electrons. The number of nitrogens with one attached hydrogen (secondary N) is 1. The molecule has 10 heteroatoms. The Morgan fingerprint density at radius 3 is 2.42 bits per heavy atom. The molecule has 0 saturated carbocycles. The van der Waals surface area contributed by atoms with Gasteiger partial charge in [-0.25, -0.2) is 0 Å². The fraction of sp³-hybridized carbons (Fsp3) is 0.217. The summed E-state index contributed by atoms with van der Waals surface area (Å²) in [5, 5.41) is 2.85. The minimum absolute atomic E-state index is 0.0119. The number of ether oxygens (including phenoxy) is 1. The summed E-state index contributed by atoms with van der Waals surface area (Å²) in [6, 6.07) is 15.4. The molecule has 0 fully saturated rings. The molecule has 1 atom stereocenters. The van der Waals surface area contributed by atoms with Gasteiger partial charge in [0.1, 0.15) is 16.7 Å². The van der Waals surface area contributed by atoms with E-state index in [-0.39, 0.29) is 22.2 Å². The molecule has 0 aliphatic rings. The molecule has 0 bridgehead atoms. The maximum atomic E-state index is 13.6. The van der Waals surface area contributed by atoms with Crippen molar-refractivity contribution in [3.63, 3.8) is 0 Å². The Kier molecular flexibility index (Phi) is 7.62. The van der Waals surface area contributed by atoms with Crippen molar-refractivity contribution >= 4 is 40.6 Å². The third-order valence-corrected chi connectivity index (χ3v) is 5.73. The Morgan fingerprint density at radius 2 is 1.79 bits per heavy atom. The molecule has 0 unspecified atom stereocenters. The average Bonchev–Trinajstić information content (AvgIpc) is 3.21. The van der Waals surface area contributed by atoms with Crippen LogP contribution in [0.5, 0.6) is 5.75 Å². The number of primary amides is 1. The van der Waals surface area contributed by atoms with Crippen molar-refractivity contribution in [2.24, 2.45) is 5.73 Å². The van der Waals surface area contributed by atoms with Crippen LogP contribution in [-0.2, 0) is 11.3 Å². The molecule has 1 heterocycles. The molecular weight excluding hydrogens is 442 g/mol. The monoisotopic (exact) mass is 467 g/mol. The molecule has 0 aliphatic carbocycles. The highest BCUT2D eigenvalue weighted by atomic mass is 32.1. The summed E-state index contributed by atoms with van der Waals surface area (Å²) in [6.07, 6.45) is 0. The Labute approximate surface area is 195 Å². The third-order valence-electron chi connectivity index (χ3n) is 4.88. The van der Waals surface area contributed by atoms with Crippen molar-refractivity contribution in [2.75, 3.05) is 17.2 Å². The van der Waals surface area contributed by atoms with Crippen LogP contribution in [0.15, 0.2) is 54.6 Å². The van der Waals surface area contributed by atoms with Gasteiger partial charge in [-0.2, -0.15) is 4.37 Å². The number of carbonyl (C=O) groups is 3. The number of anilines is 2. The van der Waals surface area contributed by atoms with Crippen LogP contribution in [0.3, 0.4) is 0 Å². The zero-order chi connectivity index (χ0) is 24.0. The molecule has 5 N–H and O–H groups in total. The van der Waals surface area contributed by atoms with Crippen molar-refractivity contribution in [2.45, 2.75) is 26.4 Å². The first-order valence-electron chi connectivity index (χ1n) is 10.3. The number of nitrogens with two attached hydrogens (primary N) is 2. The third kappa shape index (κ3) is 5.29. The average molecular weight is 468 g/mol. The fourth-order valence-electron chi connectivity index (χ4n) is 3.22. The zero-order valence-electron chi connectivity index (χ0n) is 18.3. The van der Waals surface area contributed by atoms with Gasteiger partial charge in [-0.05, 0) is 43.1 Å². The van der Waals surface area contributed by atoms with Gasteiger partial charge in [0.15, 0.2) is 5.69 Å². The first kappa shape index (κ1) is 23.7. The predicted molar refractivity (Wildman–Crippen MR) is 127 cm³/mol. The normalized spacial score (nSPS) is 11.5. The van der Waals surface area contributed by atoms with Gasteiger partial charge in [-0.3, -0.25) is 19.3 Å². The van der Waals surface area contributed by atoms with Gasteiger partial charge in [-0.15, -0.1) is 0 Å². The summed E-state index contributed by atoms with van der Waals surface area (Å²) in [7, 11) is 0. The van der Waals surface area contributed by atoms with Crippen molar-refractivity contribution in [1.29, 1.82) is 0 Å². The number of aromatic nitrogens is 1. The topological polar surface area (TPSA) is 141 Å². The van der Waals surface area contributed by atoms with Crippen LogP contribution in [0.1, 0.15) is 39.6 Å². The van der Waals surface area contributed by atoms with Crippen molar-refractivity contribution < 1.29 is 19.1 Å². The molecule has 0 aliphatic heterocycles. The van der Waals surface area contributed by atoms with Crippen molar-refractivity contribution in [3.05, 3.63) is 70.7 Å². The highest BCUT2D eigenvalue weighted by molar-refractivity contribution is 7.09. The zero-order valence-corrected chi connectivity index (χ0v) is 19.1. The van der Waals surface area contributed by atoms with E-state index in [4.69, 9.17) is 16.2 Å². The molecule has 3 rings (SSSR count). The van der Waals surface area contributed by atoms with Gasteiger partial charge in [0.05, 0.1) is 18.0 Å². The Morgan fingerprint density at radius 1 is 1.12 bits per heavy atom. The molecular formula is C23H25N5O4S. The number of para-hydroxylation sites is 2. The van der Waals surface area contributed by atoms with E-state index in [1.807, 2.05) is 37.3 Å². The first-order chi connectivity index (χ1) is 15.8. The molecule has 172 valence electrons. The molecule has 0 saturated heterocycles. The standard InChI is InChI=1S/C23H25N5O4S/c1-3-32-17-12-8-7-11-16(17)28(23(31)20-18(24)19(21(25)29)27-33-20)14(2)22(30)26-13-15-9-5-4-6-10-15/h4-12,14H,3,13,24H2,1-2H3,(H2,25,29)(H,26,30)/t14-/m0/s1. The summed E-state index contributed by atoms with van der Waals surface area (Å²) in [5.74, 6) is -1.38. The number of nitrogens with zero attached hydrogens (tertiary/aromatic N) is 2. The van der Waals surface area contributed by atoms with Gasteiger partial charge in [0.25, 0.3) is 11.8 Å². The van der Waals surface area contributed by atoms with E-state index >= 15 is 0 Å². The second-order valence-electron chi connectivity index (χ2n) is 7.09. The Balaban J connectivity index is 1.97. The van der Waals surface area contributed by atoms with Crippen LogP contribution < -0.4 is 26.4 Å². The van der Waals surface area contributed by atoms with E-state index in [0.717, 1.165) is 17.1 Å². The predicted octanol–water partition coefficient (Wildman–Crippen LogP) is 2.57. The van der Waals surface area contributed by atoms with Crippen LogP contribution in [0.25, 0.3) is 0 Å². The number of carbonyl (C=O) groups excluding carboxylic acids is 3. The lowest BCUT2D eigenvalue weighted by Gasteiger charge is -2.29. The maximum absolute atomic E-state index is 13.6. The lowest BCUT2D eigenvalue weighted by Crippen LogP contribution is -2.48. The van der Waals surface area contributed by atoms with Crippen LogP contribution >= 0.6 is 11.5 Å². The van der Waals surface area contributed by atoms with Gasteiger partial charge in [0.2, 0.25) is 5.91 Å². The first-order valence-corrected chi connectivity index (χ1v) is 11.0. The number of hydrogen-bond acceptors (Lipinski definition) is 7. The summed E-state index contributed by atoms with van der Waals surface area (Å²) in [6.45, 7) is 4.09. The summed E-state index contributed by atoms with van der Waals surface area (Å²) < 4.78 is 9.61. The van der Waals surface area contributed by atoms with Crippen LogP contribution in [-0.4, -0.2) is 34.7 Å². The van der Waals surface area contributed by atoms with E-state index in [0.29, 0.717) is 24.6 Å². The summed E-state index contributed by atoms with van der Waals surface area (Å²) in [4.78, 5) is 39.6. The largest absolute Gasteiger partial charge is 0.492 e. The molecule has 3 amide bonds. The number of benzene rings is 2. The minimum Gasteiger partial charge on any atom is -0.492 e. The number of hydrogen-bond donors (Lipinski definition) is 3. The van der Waals surface area contributed by atoms with Gasteiger partial charge in [0, 0.05) is 6.54 Å². The second-order valence-corrected chi connectivity index (χ2v) is 7.87. The lowest BCUT2D eigenvalue weighted by atomic mass is 10.1. The Hall–Kier alpha value is -3.92. The molecule has 33 heavy (non-hydrogen) atoms. The molecule has 1 aromatic heterocycles. The maximum Gasteiger partial charge on any atom is 0.272 e. The van der Waals surface area contributed by atoms with E-state index < -0.39 is 17.9 Å². The summed E-state index contributed by atoms with van der Waals surface area (Å²) >= 11 is 0.755. The highest BCUT2D eigenvalue weighted by Gasteiger charge is 2.33. The van der Waals surface area contributed by atoms with Crippen LogP contribution in [0.4, 0.5) is 11.4 Å². The molecule has 9 nitrogen and oxygen atoms in total. The summed E-state index contributed by atoms with van der Waals surface area (Å²) in [5.41, 5.74) is 12.3. The van der Waals surface area contributed by atoms with E-state index in [9.17, 15) is 14.4 Å². The van der Waals surface area contributed by atoms with Crippen molar-refractivity contribution in [1.82, 2.24) is 9.69 Å². The van der Waals surface area contributed by atoms with Crippen LogP contribution in [0.2, 0.25) is 0 Å². The quantitative estimate of drug-likeness (QED) is 0.442. The van der Waals surface area contributed by atoms with E-state index in [1.54, 1.807) is 31.2 Å². The second kappa shape index (κ2) is 10.6. The highest BCUT2D eigenvalue weighted by Crippen LogP contribution is 2.33. The Bertz CT molecular complexity index is 1150. The minimum atomic E-state index is -0.929. The fourth-order valence-corrected chi connectivity index (χ4v) is 3.96. The van der Waals surface area contributed by atoms with E-state index in [1.165, 1.54) is 4.90 Å². The van der Waals surface area contributed by atoms with E-state index in [2.05, 4.69) is 9.69 Å². The smallest absolute Gasteiger partial charge is 0.272 e. The van der Waals surface area contributed by atoms with Gasteiger partial charge >= 0.3 is 0 Å². The van der Waals surface area contributed by atoms with Crippen molar-refractivity contribution in [3.8, 4) is 5.75 Å². The van der Waals surface area contributed by atoms with Gasteiger partial charge in [-0.1, -0.05) is 42.5 Å². The SMILES string of the molecule is CCOc1ccccc1N(C(=O)c1snc(C(N)=O)c1N)[C@@H](C)C(=O)NCc1ccccc1. The lowest BCUT2D eigenvalue weighted by molar-refractivity contribution is -0.122. The molecule has 0 spiro atoms.